The summed E-state index contributed by atoms with van der Waals surface area (Å²) in [6, 6.07) is 10.1. The molecule has 0 aliphatic carbocycles. The SMILES string of the molecule is CCOc1ccc(C(=O)Nc2ccc(OC)c(Cl)c2)cc1OCC. The maximum atomic E-state index is 12.4. The van der Waals surface area contributed by atoms with Crippen LogP contribution in [0.15, 0.2) is 36.4 Å². The lowest BCUT2D eigenvalue weighted by atomic mass is 10.1. The Kier molecular flexibility index (Phi) is 6.32. The maximum Gasteiger partial charge on any atom is 0.255 e. The van der Waals surface area contributed by atoms with Gasteiger partial charge >= 0.3 is 0 Å². The van der Waals surface area contributed by atoms with E-state index >= 15 is 0 Å². The average Bonchev–Trinajstić information content (AvgIpc) is 2.57. The molecule has 0 fully saturated rings. The molecular weight excluding hydrogens is 330 g/mol. The fourth-order valence-electron chi connectivity index (χ4n) is 2.14. The van der Waals surface area contributed by atoms with E-state index in [1.807, 2.05) is 13.8 Å². The van der Waals surface area contributed by atoms with Crippen molar-refractivity contribution >= 4 is 23.2 Å². The highest BCUT2D eigenvalue weighted by Crippen LogP contribution is 2.30. The molecule has 1 N–H and O–H groups in total. The number of methoxy groups -OCH3 is 1. The van der Waals surface area contributed by atoms with Crippen molar-refractivity contribution in [1.82, 2.24) is 0 Å². The lowest BCUT2D eigenvalue weighted by Crippen LogP contribution is -2.12. The number of hydrogen-bond acceptors (Lipinski definition) is 4. The van der Waals surface area contributed by atoms with Crippen LogP contribution < -0.4 is 19.5 Å². The molecule has 0 saturated carbocycles. The van der Waals surface area contributed by atoms with Crippen molar-refractivity contribution in [3.8, 4) is 17.2 Å². The molecule has 0 bridgehead atoms. The third-order valence-electron chi connectivity index (χ3n) is 3.22. The maximum absolute atomic E-state index is 12.4. The van der Waals surface area contributed by atoms with Crippen LogP contribution in [0.4, 0.5) is 5.69 Å². The van der Waals surface area contributed by atoms with Gasteiger partial charge in [-0.2, -0.15) is 0 Å². The minimum atomic E-state index is -0.264. The van der Waals surface area contributed by atoms with Crippen LogP contribution in [0.5, 0.6) is 17.2 Å². The Balaban J connectivity index is 2.19. The average molecular weight is 350 g/mol. The smallest absolute Gasteiger partial charge is 0.255 e. The Bertz CT molecular complexity index is 718. The number of benzene rings is 2. The van der Waals surface area contributed by atoms with Gasteiger partial charge in [-0.15, -0.1) is 0 Å². The van der Waals surface area contributed by atoms with Crippen LogP contribution in [0.1, 0.15) is 24.2 Å². The quantitative estimate of drug-likeness (QED) is 0.805. The van der Waals surface area contributed by atoms with E-state index in [1.165, 1.54) is 7.11 Å². The number of rotatable bonds is 7. The van der Waals surface area contributed by atoms with Crippen molar-refractivity contribution in [2.24, 2.45) is 0 Å². The number of hydrogen-bond donors (Lipinski definition) is 1. The van der Waals surface area contributed by atoms with Gasteiger partial charge in [0.05, 0.1) is 25.3 Å². The summed E-state index contributed by atoms with van der Waals surface area (Å²) < 4.78 is 16.1. The molecule has 0 unspecified atom stereocenters. The van der Waals surface area contributed by atoms with Crippen molar-refractivity contribution in [2.75, 3.05) is 25.6 Å². The highest BCUT2D eigenvalue weighted by molar-refractivity contribution is 6.32. The Morgan fingerprint density at radius 2 is 1.67 bits per heavy atom. The van der Waals surface area contributed by atoms with Crippen molar-refractivity contribution in [1.29, 1.82) is 0 Å². The Morgan fingerprint density at radius 3 is 2.29 bits per heavy atom. The molecule has 0 heterocycles. The first-order valence-electron chi connectivity index (χ1n) is 7.63. The van der Waals surface area contributed by atoms with E-state index in [-0.39, 0.29) is 5.91 Å². The zero-order valence-electron chi connectivity index (χ0n) is 13.9. The molecule has 0 aromatic heterocycles. The minimum absolute atomic E-state index is 0.264. The molecule has 0 aliphatic heterocycles. The predicted molar refractivity (Wildman–Crippen MR) is 94.7 cm³/mol. The van der Waals surface area contributed by atoms with Gasteiger partial charge in [0, 0.05) is 11.3 Å². The van der Waals surface area contributed by atoms with E-state index in [0.29, 0.717) is 46.7 Å². The van der Waals surface area contributed by atoms with Gasteiger partial charge in [-0.25, -0.2) is 0 Å². The molecule has 6 heteroatoms. The Labute approximate surface area is 146 Å². The van der Waals surface area contributed by atoms with E-state index in [2.05, 4.69) is 5.32 Å². The Morgan fingerprint density at radius 1 is 1.00 bits per heavy atom. The standard InChI is InChI=1S/C18H20ClNO4/c1-4-23-16-8-6-12(10-17(16)24-5-2)18(21)20-13-7-9-15(22-3)14(19)11-13/h6-11H,4-5H2,1-3H3,(H,20,21). The molecule has 0 atom stereocenters. The Hall–Kier alpha value is -2.40. The summed E-state index contributed by atoms with van der Waals surface area (Å²) in [6.07, 6.45) is 0. The summed E-state index contributed by atoms with van der Waals surface area (Å²) >= 11 is 6.07. The molecule has 128 valence electrons. The van der Waals surface area contributed by atoms with Gasteiger partial charge in [-0.3, -0.25) is 4.79 Å². The number of carbonyl (C=O) groups is 1. The van der Waals surface area contributed by atoms with Crippen molar-refractivity contribution in [2.45, 2.75) is 13.8 Å². The second-order valence-electron chi connectivity index (χ2n) is 4.83. The van der Waals surface area contributed by atoms with Crippen LogP contribution in [0.25, 0.3) is 0 Å². The van der Waals surface area contributed by atoms with Gasteiger partial charge in [0.2, 0.25) is 0 Å². The van der Waals surface area contributed by atoms with Crippen molar-refractivity contribution in [3.05, 3.63) is 47.0 Å². The van der Waals surface area contributed by atoms with E-state index < -0.39 is 0 Å². The second kappa shape index (κ2) is 8.45. The van der Waals surface area contributed by atoms with Gasteiger partial charge in [0.25, 0.3) is 5.91 Å². The topological polar surface area (TPSA) is 56.8 Å². The van der Waals surface area contributed by atoms with E-state index in [4.69, 9.17) is 25.8 Å². The third kappa shape index (κ3) is 4.32. The fourth-order valence-corrected chi connectivity index (χ4v) is 2.40. The van der Waals surface area contributed by atoms with Crippen LogP contribution in [-0.2, 0) is 0 Å². The van der Waals surface area contributed by atoms with Crippen molar-refractivity contribution < 1.29 is 19.0 Å². The van der Waals surface area contributed by atoms with Crippen LogP contribution >= 0.6 is 11.6 Å². The number of anilines is 1. The summed E-state index contributed by atoms with van der Waals surface area (Å²) in [5.74, 6) is 1.44. The summed E-state index contributed by atoms with van der Waals surface area (Å²) in [5, 5.41) is 3.22. The number of nitrogens with one attached hydrogen (secondary N) is 1. The summed E-state index contributed by atoms with van der Waals surface area (Å²) in [7, 11) is 1.54. The molecule has 0 radical (unpaired) electrons. The van der Waals surface area contributed by atoms with Crippen LogP contribution in [0.3, 0.4) is 0 Å². The molecule has 0 spiro atoms. The molecule has 0 aliphatic rings. The molecule has 24 heavy (non-hydrogen) atoms. The van der Waals surface area contributed by atoms with Gasteiger partial charge in [0.1, 0.15) is 5.75 Å². The lowest BCUT2D eigenvalue weighted by Gasteiger charge is -2.13. The van der Waals surface area contributed by atoms with Crippen LogP contribution in [0, 0.1) is 0 Å². The number of carbonyl (C=O) groups excluding carboxylic acids is 1. The summed E-state index contributed by atoms with van der Waals surface area (Å²) in [4.78, 5) is 12.4. The summed E-state index contributed by atoms with van der Waals surface area (Å²) in [6.45, 7) is 4.78. The van der Waals surface area contributed by atoms with Gasteiger partial charge in [0.15, 0.2) is 11.5 Å². The lowest BCUT2D eigenvalue weighted by molar-refractivity contribution is 0.102. The zero-order valence-corrected chi connectivity index (χ0v) is 14.6. The predicted octanol–water partition coefficient (Wildman–Crippen LogP) is 4.40. The van der Waals surface area contributed by atoms with Crippen LogP contribution in [0.2, 0.25) is 5.02 Å². The van der Waals surface area contributed by atoms with Gasteiger partial charge in [-0.1, -0.05) is 11.6 Å². The normalized spacial score (nSPS) is 10.2. The minimum Gasteiger partial charge on any atom is -0.495 e. The highest BCUT2D eigenvalue weighted by Gasteiger charge is 2.12. The highest BCUT2D eigenvalue weighted by atomic mass is 35.5. The third-order valence-corrected chi connectivity index (χ3v) is 3.51. The van der Waals surface area contributed by atoms with E-state index in [1.54, 1.807) is 36.4 Å². The van der Waals surface area contributed by atoms with Gasteiger partial charge < -0.3 is 19.5 Å². The number of halogens is 1. The molecule has 1 amide bonds. The molecule has 2 aromatic carbocycles. The number of amides is 1. The largest absolute Gasteiger partial charge is 0.495 e. The molecule has 2 aromatic rings. The summed E-state index contributed by atoms with van der Waals surface area (Å²) in [5.41, 5.74) is 1.05. The second-order valence-corrected chi connectivity index (χ2v) is 5.24. The fraction of sp³-hybridized carbons (Fsp3) is 0.278. The monoisotopic (exact) mass is 349 g/mol. The molecule has 2 rings (SSSR count). The number of ether oxygens (including phenoxy) is 3. The van der Waals surface area contributed by atoms with Crippen molar-refractivity contribution in [3.63, 3.8) is 0 Å². The molecule has 5 nitrogen and oxygen atoms in total. The first-order valence-corrected chi connectivity index (χ1v) is 8.01. The molecular formula is C18H20ClNO4. The van der Waals surface area contributed by atoms with Crippen LogP contribution in [-0.4, -0.2) is 26.2 Å². The van der Waals surface area contributed by atoms with E-state index in [9.17, 15) is 4.79 Å². The first kappa shape index (κ1) is 17.9. The van der Waals surface area contributed by atoms with Gasteiger partial charge in [-0.05, 0) is 50.2 Å². The first-order chi connectivity index (χ1) is 11.6. The van der Waals surface area contributed by atoms with E-state index in [0.717, 1.165) is 0 Å². The zero-order chi connectivity index (χ0) is 17.5. The molecule has 0 saturated heterocycles.